The van der Waals surface area contributed by atoms with Crippen molar-refractivity contribution in [2.24, 2.45) is 11.7 Å². The standard InChI is InChI=1S/C34H42FN3O6.ClH/c1-9-29(44-32(39)30(36)19(2)3)43-22-12-13-24(28(17-22)41-8)23-14-15-26-31(38(7)33(40)34(5,6)37-26)25(23)18-42-27-16-21(35)11-10-20(27)4;/h10-17,19,29-30,37H,9,18,36H2,1-8H3;1H/t29-,30-;/m0./s1. The average molecular weight is 644 g/mol. The van der Waals surface area contributed by atoms with E-state index in [2.05, 4.69) is 5.32 Å². The monoisotopic (exact) mass is 643 g/mol. The molecule has 0 aliphatic carbocycles. The predicted molar refractivity (Wildman–Crippen MR) is 176 cm³/mol. The highest BCUT2D eigenvalue weighted by atomic mass is 35.5. The van der Waals surface area contributed by atoms with E-state index in [1.807, 2.05) is 59.7 Å². The van der Waals surface area contributed by atoms with E-state index in [1.54, 1.807) is 37.3 Å². The summed E-state index contributed by atoms with van der Waals surface area (Å²) in [6, 6.07) is 12.8. The maximum Gasteiger partial charge on any atom is 0.326 e. The number of nitrogens with two attached hydrogens (primary N) is 1. The van der Waals surface area contributed by atoms with Crippen LogP contribution in [0.4, 0.5) is 15.8 Å². The Balaban J connectivity index is 0.00000552. The highest BCUT2D eigenvalue weighted by Crippen LogP contribution is 2.45. The molecule has 1 aliphatic rings. The van der Waals surface area contributed by atoms with E-state index in [9.17, 15) is 14.0 Å². The number of amides is 1. The number of esters is 1. The lowest BCUT2D eigenvalue weighted by molar-refractivity contribution is -0.166. The molecule has 3 aromatic rings. The summed E-state index contributed by atoms with van der Waals surface area (Å²) in [5, 5.41) is 3.34. The van der Waals surface area contributed by atoms with Crippen molar-refractivity contribution in [3.8, 4) is 28.4 Å². The zero-order valence-corrected chi connectivity index (χ0v) is 27.8. The van der Waals surface area contributed by atoms with Crippen LogP contribution in [0.5, 0.6) is 17.2 Å². The smallest absolute Gasteiger partial charge is 0.326 e. The van der Waals surface area contributed by atoms with Crippen molar-refractivity contribution < 1.29 is 32.9 Å². The van der Waals surface area contributed by atoms with Gasteiger partial charge in [0.15, 0.2) is 0 Å². The second-order valence-electron chi connectivity index (χ2n) is 11.8. The Morgan fingerprint density at radius 1 is 1.07 bits per heavy atom. The lowest BCUT2D eigenvalue weighted by Crippen LogP contribution is -2.52. The number of aryl methyl sites for hydroxylation is 1. The lowest BCUT2D eigenvalue weighted by atomic mass is 9.91. The Morgan fingerprint density at radius 3 is 2.40 bits per heavy atom. The molecule has 9 nitrogen and oxygen atoms in total. The summed E-state index contributed by atoms with van der Waals surface area (Å²) in [5.41, 5.74) is 9.52. The highest BCUT2D eigenvalue weighted by molar-refractivity contribution is 6.08. The highest BCUT2D eigenvalue weighted by Gasteiger charge is 2.39. The molecule has 1 heterocycles. The Bertz CT molecular complexity index is 1550. The number of hydrogen-bond acceptors (Lipinski definition) is 8. The minimum Gasteiger partial charge on any atom is -0.496 e. The first-order valence-electron chi connectivity index (χ1n) is 14.7. The van der Waals surface area contributed by atoms with Crippen molar-refractivity contribution in [3.63, 3.8) is 0 Å². The third-order valence-electron chi connectivity index (χ3n) is 7.73. The van der Waals surface area contributed by atoms with E-state index in [0.717, 1.165) is 22.4 Å². The quantitative estimate of drug-likeness (QED) is 0.177. The molecular formula is C34H43ClFN3O6. The van der Waals surface area contributed by atoms with Gasteiger partial charge in [0.1, 0.15) is 41.3 Å². The fraction of sp³-hybridized carbons (Fsp3) is 0.412. The number of rotatable bonds is 11. The first kappa shape index (κ1) is 35.5. The number of carbonyl (C=O) groups is 2. The summed E-state index contributed by atoms with van der Waals surface area (Å²) in [6.07, 6.45) is -0.421. The molecule has 45 heavy (non-hydrogen) atoms. The van der Waals surface area contributed by atoms with Crippen molar-refractivity contribution in [2.45, 2.75) is 72.4 Å². The molecule has 1 amide bonds. The van der Waals surface area contributed by atoms with Crippen molar-refractivity contribution in [1.29, 1.82) is 0 Å². The normalized spacial score (nSPS) is 14.9. The molecule has 3 N–H and O–H groups in total. The van der Waals surface area contributed by atoms with Gasteiger partial charge in [0.2, 0.25) is 6.29 Å². The SMILES string of the molecule is CC[C@H](OC(=O)[C@@H](N)C(C)C)Oc1ccc(-c2ccc3c(c2COc2cc(F)ccc2C)N(C)C(=O)C(C)(C)N3)c(OC)c1.Cl. The maximum atomic E-state index is 14.1. The van der Waals surface area contributed by atoms with Gasteiger partial charge < -0.3 is 34.9 Å². The van der Waals surface area contributed by atoms with Gasteiger partial charge in [0, 0.05) is 36.7 Å². The van der Waals surface area contributed by atoms with Gasteiger partial charge in [-0.15, -0.1) is 12.4 Å². The third-order valence-corrected chi connectivity index (χ3v) is 7.73. The van der Waals surface area contributed by atoms with Gasteiger partial charge >= 0.3 is 5.97 Å². The molecule has 11 heteroatoms. The molecule has 0 unspecified atom stereocenters. The maximum absolute atomic E-state index is 14.1. The molecular weight excluding hydrogens is 601 g/mol. The van der Waals surface area contributed by atoms with Crippen LogP contribution < -0.4 is 30.2 Å². The second kappa shape index (κ2) is 14.4. The molecule has 1 aliphatic heterocycles. The Morgan fingerprint density at radius 2 is 1.76 bits per heavy atom. The molecule has 0 bridgehead atoms. The van der Waals surface area contributed by atoms with Gasteiger partial charge in [-0.05, 0) is 62.1 Å². The number of halogens is 2. The van der Waals surface area contributed by atoms with E-state index in [-0.39, 0.29) is 30.8 Å². The summed E-state index contributed by atoms with van der Waals surface area (Å²) in [4.78, 5) is 27.4. The van der Waals surface area contributed by atoms with Crippen LogP contribution in [0.2, 0.25) is 0 Å². The van der Waals surface area contributed by atoms with E-state index in [1.165, 1.54) is 12.1 Å². The Kier molecular flexibility index (Phi) is 11.3. The van der Waals surface area contributed by atoms with Crippen LogP contribution in [0.1, 0.15) is 52.2 Å². The average Bonchev–Trinajstić information content (AvgIpc) is 2.99. The van der Waals surface area contributed by atoms with Gasteiger partial charge in [-0.3, -0.25) is 9.59 Å². The minimum absolute atomic E-state index is 0. The van der Waals surface area contributed by atoms with Gasteiger partial charge in [-0.25, -0.2) is 4.39 Å². The number of fused-ring (bicyclic) bond motifs is 1. The van der Waals surface area contributed by atoms with Crippen LogP contribution in [-0.4, -0.2) is 43.9 Å². The molecule has 0 radical (unpaired) electrons. The Hall–Kier alpha value is -4.02. The zero-order valence-electron chi connectivity index (χ0n) is 27.0. The van der Waals surface area contributed by atoms with Gasteiger partial charge in [-0.1, -0.05) is 32.9 Å². The van der Waals surface area contributed by atoms with Crippen LogP contribution in [0.25, 0.3) is 11.1 Å². The number of anilines is 2. The number of ether oxygens (including phenoxy) is 4. The zero-order chi connectivity index (χ0) is 32.3. The van der Waals surface area contributed by atoms with Gasteiger partial charge in [-0.2, -0.15) is 0 Å². The molecule has 0 saturated heterocycles. The second-order valence-corrected chi connectivity index (χ2v) is 11.8. The van der Waals surface area contributed by atoms with Crippen LogP contribution in [0.3, 0.4) is 0 Å². The van der Waals surface area contributed by atoms with Gasteiger partial charge in [0.05, 0.1) is 18.5 Å². The van der Waals surface area contributed by atoms with Crippen molar-refractivity contribution in [3.05, 3.63) is 65.5 Å². The number of hydrogen-bond donors (Lipinski definition) is 2. The molecule has 0 spiro atoms. The molecule has 4 rings (SSSR count). The first-order valence-corrected chi connectivity index (χ1v) is 14.7. The number of likely N-dealkylation sites (N-methyl/N-ethyl adjacent to an activating group) is 1. The summed E-state index contributed by atoms with van der Waals surface area (Å²) >= 11 is 0. The lowest BCUT2D eigenvalue weighted by Gasteiger charge is -2.39. The summed E-state index contributed by atoms with van der Waals surface area (Å²) in [6.45, 7) is 11.1. The number of nitrogens with one attached hydrogen (secondary N) is 1. The molecule has 0 aromatic heterocycles. The van der Waals surface area contributed by atoms with E-state index >= 15 is 0 Å². The van der Waals surface area contributed by atoms with Crippen molar-refractivity contribution in [2.75, 3.05) is 24.4 Å². The van der Waals surface area contributed by atoms with E-state index < -0.39 is 29.7 Å². The van der Waals surface area contributed by atoms with Crippen LogP contribution in [0, 0.1) is 18.7 Å². The number of benzene rings is 3. The van der Waals surface area contributed by atoms with Crippen molar-refractivity contribution in [1.82, 2.24) is 0 Å². The topological polar surface area (TPSA) is 112 Å². The van der Waals surface area contributed by atoms with Crippen LogP contribution >= 0.6 is 12.4 Å². The van der Waals surface area contributed by atoms with E-state index in [4.69, 9.17) is 24.7 Å². The van der Waals surface area contributed by atoms with Crippen LogP contribution in [0.15, 0.2) is 48.5 Å². The predicted octanol–water partition coefficient (Wildman–Crippen LogP) is 6.62. The number of methoxy groups -OCH3 is 1. The largest absolute Gasteiger partial charge is 0.496 e. The number of carbonyl (C=O) groups excluding carboxylic acids is 2. The fourth-order valence-corrected chi connectivity index (χ4v) is 5.10. The third kappa shape index (κ3) is 7.62. The van der Waals surface area contributed by atoms with Crippen molar-refractivity contribution >= 4 is 35.7 Å². The summed E-state index contributed by atoms with van der Waals surface area (Å²) < 4.78 is 37.6. The first-order chi connectivity index (χ1) is 20.8. The summed E-state index contributed by atoms with van der Waals surface area (Å²) in [5.74, 6) is 0.205. The molecule has 244 valence electrons. The van der Waals surface area contributed by atoms with E-state index in [0.29, 0.717) is 34.9 Å². The minimum atomic E-state index is -0.834. The molecule has 0 fully saturated rings. The molecule has 2 atom stereocenters. The Labute approximate surface area is 270 Å². The number of nitrogens with zero attached hydrogens (tertiary/aromatic N) is 1. The van der Waals surface area contributed by atoms with Crippen LogP contribution in [-0.2, 0) is 20.9 Å². The fourth-order valence-electron chi connectivity index (χ4n) is 5.10. The van der Waals surface area contributed by atoms with Gasteiger partial charge in [0.25, 0.3) is 5.91 Å². The summed E-state index contributed by atoms with van der Waals surface area (Å²) in [7, 11) is 3.28. The molecule has 0 saturated carbocycles. The molecule has 3 aromatic carbocycles.